The van der Waals surface area contributed by atoms with Crippen molar-refractivity contribution >= 4 is 24.0 Å². The fourth-order valence-electron chi connectivity index (χ4n) is 5.43. The zero-order chi connectivity index (χ0) is 25.3. The normalized spacial score (nSPS) is 22.4. The van der Waals surface area contributed by atoms with Crippen molar-refractivity contribution in [2.45, 2.75) is 18.4 Å². The number of likely N-dealkylation sites (tertiary alicyclic amines) is 1. The second-order valence-electron chi connectivity index (χ2n) is 10.6. The minimum absolute atomic E-state index is 0. The molecule has 0 spiro atoms. The molecule has 1 N–H and O–H groups in total. The predicted octanol–water partition coefficient (Wildman–Crippen LogP) is 1.36. The smallest absolute Gasteiger partial charge is 0.227 e. The molecule has 37 heavy (non-hydrogen) atoms. The fraction of sp³-hybridized carbons (Fsp3) is 0.571. The number of Topliss-reactive ketones (excluding diaryl/α,β-unsaturated/α-hetero) is 1. The van der Waals surface area contributed by atoms with Gasteiger partial charge in [-0.05, 0) is 39.5 Å². The van der Waals surface area contributed by atoms with Gasteiger partial charge in [-0.2, -0.15) is 0 Å². The maximum Gasteiger partial charge on any atom is 0.227 e. The number of hydrogen-bond acceptors (Lipinski definition) is 8. The van der Waals surface area contributed by atoms with Crippen molar-refractivity contribution in [3.63, 3.8) is 0 Å². The summed E-state index contributed by atoms with van der Waals surface area (Å²) in [7, 11) is 6.46. The number of likely N-dealkylation sites (N-methyl/N-ethyl adjacent to an activating group) is 1. The zero-order valence-electron chi connectivity index (χ0n) is 22.4. The average molecular weight is 529 g/mol. The van der Waals surface area contributed by atoms with Crippen molar-refractivity contribution in [3.05, 3.63) is 59.1 Å². The summed E-state index contributed by atoms with van der Waals surface area (Å²) < 4.78 is 0. The van der Waals surface area contributed by atoms with Crippen LogP contribution in [0.2, 0.25) is 0 Å². The maximum absolute atomic E-state index is 12.4. The molecule has 5 aliphatic rings. The molecule has 0 saturated carbocycles. The minimum Gasteiger partial charge on any atom is -0.365 e. The van der Waals surface area contributed by atoms with Crippen LogP contribution < -0.4 is 5.32 Å². The first-order chi connectivity index (χ1) is 17.4. The maximum atomic E-state index is 12.4. The minimum atomic E-state index is 0. The summed E-state index contributed by atoms with van der Waals surface area (Å²) in [6, 6.07) is 11.0. The molecular formula is C28H41ClN6O2. The highest BCUT2D eigenvalue weighted by Gasteiger charge is 2.43. The van der Waals surface area contributed by atoms with Crippen LogP contribution in [0.25, 0.3) is 0 Å². The average Bonchev–Trinajstić information content (AvgIpc) is 3.72. The van der Waals surface area contributed by atoms with Crippen molar-refractivity contribution in [2.24, 2.45) is 0 Å². The van der Waals surface area contributed by atoms with Gasteiger partial charge >= 0.3 is 0 Å². The molecule has 6 rings (SSSR count). The summed E-state index contributed by atoms with van der Waals surface area (Å²) in [4.78, 5) is 35.5. The topological polar surface area (TPSA) is 61.7 Å². The van der Waals surface area contributed by atoms with E-state index in [-0.39, 0.29) is 29.5 Å². The van der Waals surface area contributed by atoms with E-state index in [1.165, 1.54) is 37.6 Å². The number of benzene rings is 1. The number of hydrogen-bond donors (Lipinski definition) is 1. The Kier molecular flexibility index (Phi) is 8.63. The molecule has 9 heteroatoms. The van der Waals surface area contributed by atoms with Crippen LogP contribution in [0.5, 0.6) is 0 Å². The Morgan fingerprint density at radius 3 is 1.92 bits per heavy atom. The summed E-state index contributed by atoms with van der Waals surface area (Å²) in [5, 5.41) is 3.24. The summed E-state index contributed by atoms with van der Waals surface area (Å²) >= 11 is 0. The Hall–Kier alpha value is -2.39. The number of piperidine rings is 1. The van der Waals surface area contributed by atoms with Gasteiger partial charge in [0.2, 0.25) is 11.6 Å². The molecule has 0 unspecified atom stereocenters. The van der Waals surface area contributed by atoms with Crippen molar-refractivity contribution in [3.8, 4) is 0 Å². The van der Waals surface area contributed by atoms with Crippen molar-refractivity contribution in [1.82, 2.24) is 29.8 Å². The first-order valence-corrected chi connectivity index (χ1v) is 13.3. The van der Waals surface area contributed by atoms with Crippen molar-refractivity contribution in [1.29, 1.82) is 0 Å². The predicted molar refractivity (Wildman–Crippen MR) is 148 cm³/mol. The highest BCUT2D eigenvalue weighted by molar-refractivity contribution is 6.22. The van der Waals surface area contributed by atoms with E-state index in [1.807, 2.05) is 21.7 Å². The van der Waals surface area contributed by atoms with Crippen LogP contribution in [-0.2, 0) is 15.1 Å². The van der Waals surface area contributed by atoms with Crippen LogP contribution in [0.1, 0.15) is 18.4 Å². The molecule has 4 saturated heterocycles. The van der Waals surface area contributed by atoms with Gasteiger partial charge in [0.25, 0.3) is 0 Å². The summed E-state index contributed by atoms with van der Waals surface area (Å²) in [5.41, 5.74) is 3.57. The standard InChI is InChI=1S/C16H27N3.C12H13N3O2.ClH/c1-17-11-14-19-12-9-16(10-13-19,18(2)3)15-7-5-4-6-8-15;16-9-7-8(13-1-2-13)12(17)11(15-5-6-15)10(9)14-3-4-14;/h4-8,17H,9-14H2,1-3H3;7H,1-6H2;1H. The number of carbonyl (C=O) groups excluding carboxylic acids is 2. The second kappa shape index (κ2) is 11.6. The molecule has 0 aromatic heterocycles. The summed E-state index contributed by atoms with van der Waals surface area (Å²) in [5.74, 6) is 0.0485. The molecule has 1 aliphatic carbocycles. The summed E-state index contributed by atoms with van der Waals surface area (Å²) in [6.45, 7) is 10.0. The quantitative estimate of drug-likeness (QED) is 0.401. The van der Waals surface area contributed by atoms with E-state index in [9.17, 15) is 9.59 Å². The largest absolute Gasteiger partial charge is 0.365 e. The van der Waals surface area contributed by atoms with Gasteiger partial charge in [-0.1, -0.05) is 30.3 Å². The number of nitrogens with zero attached hydrogens (tertiary/aromatic N) is 5. The molecule has 4 fully saturated rings. The third-order valence-corrected chi connectivity index (χ3v) is 8.02. The number of halogens is 1. The second-order valence-corrected chi connectivity index (χ2v) is 10.6. The molecule has 0 atom stereocenters. The molecular weight excluding hydrogens is 488 g/mol. The Balaban J connectivity index is 0.000000169. The molecule has 1 aromatic carbocycles. The van der Waals surface area contributed by atoms with Gasteiger partial charge in [0.05, 0.1) is 5.70 Å². The fourth-order valence-corrected chi connectivity index (χ4v) is 5.43. The van der Waals surface area contributed by atoms with Crippen LogP contribution in [0.3, 0.4) is 0 Å². The first-order valence-electron chi connectivity index (χ1n) is 13.3. The van der Waals surface area contributed by atoms with Gasteiger partial charge in [-0.15, -0.1) is 12.4 Å². The number of allylic oxidation sites excluding steroid dienone is 1. The van der Waals surface area contributed by atoms with E-state index in [2.05, 4.69) is 59.5 Å². The van der Waals surface area contributed by atoms with Crippen molar-refractivity contribution < 1.29 is 9.59 Å². The highest BCUT2D eigenvalue weighted by Crippen LogP contribution is 2.37. The number of carbonyl (C=O) groups is 2. The van der Waals surface area contributed by atoms with Gasteiger partial charge in [0.15, 0.2) is 0 Å². The Labute approximate surface area is 227 Å². The number of rotatable bonds is 8. The SMILES string of the molecule is CNCCN1CCC(c2ccccc2)(N(C)C)CC1.Cl.O=C1C=C(N2CC2)C(=O)C(N2CC2)=C1N1CC1. The van der Waals surface area contributed by atoms with E-state index in [1.54, 1.807) is 0 Å². The monoisotopic (exact) mass is 528 g/mol. The van der Waals surface area contributed by atoms with Crippen LogP contribution in [0, 0.1) is 0 Å². The zero-order valence-corrected chi connectivity index (χ0v) is 23.2. The van der Waals surface area contributed by atoms with E-state index in [0.29, 0.717) is 17.1 Å². The van der Waals surface area contributed by atoms with Gasteiger partial charge in [0, 0.05) is 77.1 Å². The van der Waals surface area contributed by atoms with Crippen molar-refractivity contribution in [2.75, 3.05) is 86.6 Å². The Morgan fingerprint density at radius 1 is 0.838 bits per heavy atom. The third-order valence-electron chi connectivity index (χ3n) is 8.02. The van der Waals surface area contributed by atoms with Gasteiger partial charge in [-0.3, -0.25) is 14.5 Å². The molecule has 4 aliphatic heterocycles. The third kappa shape index (κ3) is 6.03. The molecule has 0 amide bonds. The lowest BCUT2D eigenvalue weighted by molar-refractivity contribution is -0.117. The highest BCUT2D eigenvalue weighted by atomic mass is 35.5. The molecule has 1 aromatic rings. The molecule has 0 bridgehead atoms. The van der Waals surface area contributed by atoms with Gasteiger partial charge in [0.1, 0.15) is 11.4 Å². The molecule has 8 nitrogen and oxygen atoms in total. The van der Waals surface area contributed by atoms with Crippen LogP contribution in [0.15, 0.2) is 53.5 Å². The Morgan fingerprint density at radius 2 is 1.41 bits per heavy atom. The molecule has 202 valence electrons. The van der Waals surface area contributed by atoms with Crippen LogP contribution >= 0.6 is 12.4 Å². The lowest BCUT2D eigenvalue weighted by Crippen LogP contribution is -2.51. The van der Waals surface area contributed by atoms with Gasteiger partial charge in [-0.25, -0.2) is 0 Å². The lowest BCUT2D eigenvalue weighted by Gasteiger charge is -2.46. The van der Waals surface area contributed by atoms with Gasteiger partial charge < -0.3 is 24.9 Å². The lowest BCUT2D eigenvalue weighted by atomic mass is 9.80. The number of ketones is 2. The van der Waals surface area contributed by atoms with Crippen LogP contribution in [0.4, 0.5) is 0 Å². The van der Waals surface area contributed by atoms with E-state index in [0.717, 1.165) is 52.4 Å². The molecule has 0 radical (unpaired) electrons. The van der Waals surface area contributed by atoms with E-state index < -0.39 is 0 Å². The van der Waals surface area contributed by atoms with E-state index in [4.69, 9.17) is 0 Å². The van der Waals surface area contributed by atoms with Crippen LogP contribution in [-0.4, -0.2) is 123 Å². The Bertz CT molecular complexity index is 1040. The number of nitrogens with one attached hydrogen (secondary N) is 1. The molecule has 4 heterocycles. The van der Waals surface area contributed by atoms with E-state index >= 15 is 0 Å². The first kappa shape index (κ1) is 27.6. The summed E-state index contributed by atoms with van der Waals surface area (Å²) in [6.07, 6.45) is 3.96.